The molecule has 0 radical (unpaired) electrons. The van der Waals surface area contributed by atoms with Crippen LogP contribution in [0.2, 0.25) is 10.0 Å². The van der Waals surface area contributed by atoms with Crippen LogP contribution in [0.5, 0.6) is 0 Å². The van der Waals surface area contributed by atoms with Crippen LogP contribution < -0.4 is 4.90 Å². The second-order valence-corrected chi connectivity index (χ2v) is 10.3. The van der Waals surface area contributed by atoms with Crippen molar-refractivity contribution in [2.45, 2.75) is 13.8 Å². The molecular formula is C25H25Cl3N4O3S. The molecule has 1 aliphatic heterocycles. The lowest BCUT2D eigenvalue weighted by molar-refractivity contribution is 0.0391. The molecule has 0 saturated carbocycles. The summed E-state index contributed by atoms with van der Waals surface area (Å²) in [6.07, 6.45) is 0. The zero-order chi connectivity index (χ0) is 24.5. The summed E-state index contributed by atoms with van der Waals surface area (Å²) in [6.45, 7) is 7.89. The van der Waals surface area contributed by atoms with Crippen molar-refractivity contribution in [3.8, 4) is 11.3 Å². The molecule has 1 amide bonds. The molecule has 36 heavy (non-hydrogen) atoms. The molecule has 7 nitrogen and oxygen atoms in total. The molecule has 0 spiro atoms. The Bertz CT molecular complexity index is 1380. The van der Waals surface area contributed by atoms with E-state index in [2.05, 4.69) is 10.1 Å². The molecule has 3 heterocycles. The Morgan fingerprint density at radius 3 is 2.67 bits per heavy atom. The van der Waals surface area contributed by atoms with Gasteiger partial charge < -0.3 is 9.26 Å². The molecule has 0 bridgehead atoms. The van der Waals surface area contributed by atoms with E-state index in [1.807, 2.05) is 37.3 Å². The molecule has 1 saturated heterocycles. The van der Waals surface area contributed by atoms with Crippen molar-refractivity contribution < 1.29 is 14.1 Å². The van der Waals surface area contributed by atoms with Crippen LogP contribution in [0.1, 0.15) is 21.7 Å². The zero-order valence-electron chi connectivity index (χ0n) is 19.8. The molecule has 0 N–H and O–H groups in total. The third-order valence-corrected chi connectivity index (χ3v) is 7.64. The SMILES string of the molecule is Cc1onc(-c2ccccc2Cl)c1C(=O)N(CCN1CCOCC1)c1nc2c(C)cc(Cl)cc2s1.Cl. The number of nitrogens with zero attached hydrogens (tertiary/aromatic N) is 4. The Morgan fingerprint density at radius 2 is 1.92 bits per heavy atom. The summed E-state index contributed by atoms with van der Waals surface area (Å²) in [5.74, 6) is 0.205. The number of benzene rings is 2. The first-order valence-electron chi connectivity index (χ1n) is 11.3. The van der Waals surface area contributed by atoms with Gasteiger partial charge in [-0.05, 0) is 37.6 Å². The minimum absolute atomic E-state index is 0. The van der Waals surface area contributed by atoms with E-state index in [4.69, 9.17) is 37.4 Å². The highest BCUT2D eigenvalue weighted by molar-refractivity contribution is 7.22. The van der Waals surface area contributed by atoms with E-state index in [9.17, 15) is 4.79 Å². The van der Waals surface area contributed by atoms with Gasteiger partial charge >= 0.3 is 0 Å². The van der Waals surface area contributed by atoms with Crippen molar-refractivity contribution in [2.24, 2.45) is 0 Å². The Morgan fingerprint density at radius 1 is 1.17 bits per heavy atom. The number of aryl methyl sites for hydroxylation is 2. The number of carbonyl (C=O) groups excluding carboxylic acids is 1. The van der Waals surface area contributed by atoms with Crippen LogP contribution in [-0.4, -0.2) is 60.3 Å². The van der Waals surface area contributed by atoms with Gasteiger partial charge in [-0.1, -0.05) is 57.9 Å². The van der Waals surface area contributed by atoms with Gasteiger partial charge in [-0.3, -0.25) is 14.6 Å². The number of amides is 1. The van der Waals surface area contributed by atoms with Crippen molar-refractivity contribution in [1.29, 1.82) is 0 Å². The normalized spacial score (nSPS) is 14.1. The number of halogens is 3. The Balaban J connectivity index is 0.00000304. The quantitative estimate of drug-likeness (QED) is 0.273. The van der Waals surface area contributed by atoms with Gasteiger partial charge in [0.05, 0.1) is 28.5 Å². The first-order chi connectivity index (χ1) is 16.9. The van der Waals surface area contributed by atoms with Crippen molar-refractivity contribution >= 4 is 68.2 Å². The van der Waals surface area contributed by atoms with E-state index < -0.39 is 0 Å². The monoisotopic (exact) mass is 566 g/mol. The summed E-state index contributed by atoms with van der Waals surface area (Å²) in [7, 11) is 0. The van der Waals surface area contributed by atoms with Crippen LogP contribution in [0.15, 0.2) is 40.9 Å². The van der Waals surface area contributed by atoms with Gasteiger partial charge in [-0.15, -0.1) is 12.4 Å². The smallest absolute Gasteiger partial charge is 0.266 e. The van der Waals surface area contributed by atoms with Crippen LogP contribution in [0.3, 0.4) is 0 Å². The third kappa shape index (κ3) is 5.39. The maximum atomic E-state index is 14.1. The number of ether oxygens (including phenoxy) is 1. The van der Waals surface area contributed by atoms with Gasteiger partial charge in [-0.25, -0.2) is 4.98 Å². The van der Waals surface area contributed by atoms with Crippen LogP contribution in [-0.2, 0) is 4.74 Å². The standard InChI is InChI=1S/C25H24Cl2N4O3S.ClH/c1-15-13-17(26)14-20-22(15)28-25(35-20)31(8-7-30-9-11-33-12-10-30)24(32)21-16(2)34-29-23(21)18-5-3-4-6-19(18)27;/h3-6,13-14H,7-12H2,1-2H3;1H. The fraction of sp³-hybridized carbons (Fsp3) is 0.320. The van der Waals surface area contributed by atoms with Crippen LogP contribution in [0.25, 0.3) is 21.5 Å². The zero-order valence-corrected chi connectivity index (χ0v) is 22.9. The average Bonchev–Trinajstić information content (AvgIpc) is 3.44. The minimum atomic E-state index is -0.227. The van der Waals surface area contributed by atoms with Crippen molar-refractivity contribution in [2.75, 3.05) is 44.3 Å². The Hall–Kier alpha value is -2.20. The second-order valence-electron chi connectivity index (χ2n) is 8.42. The van der Waals surface area contributed by atoms with Gasteiger partial charge in [0.15, 0.2) is 5.13 Å². The number of aromatic nitrogens is 2. The maximum Gasteiger partial charge on any atom is 0.266 e. The van der Waals surface area contributed by atoms with E-state index in [1.54, 1.807) is 17.9 Å². The number of fused-ring (bicyclic) bond motifs is 1. The second kappa shape index (κ2) is 11.5. The van der Waals surface area contributed by atoms with E-state index in [-0.39, 0.29) is 18.3 Å². The van der Waals surface area contributed by atoms with Gasteiger partial charge in [-0.2, -0.15) is 0 Å². The van der Waals surface area contributed by atoms with E-state index in [0.717, 1.165) is 28.9 Å². The molecule has 1 fully saturated rings. The molecule has 190 valence electrons. The lowest BCUT2D eigenvalue weighted by atomic mass is 10.1. The number of thiazole rings is 1. The largest absolute Gasteiger partial charge is 0.379 e. The van der Waals surface area contributed by atoms with E-state index in [0.29, 0.717) is 64.1 Å². The number of anilines is 1. The van der Waals surface area contributed by atoms with Crippen molar-refractivity contribution in [3.63, 3.8) is 0 Å². The summed E-state index contributed by atoms with van der Waals surface area (Å²) < 4.78 is 11.9. The first-order valence-corrected chi connectivity index (χ1v) is 12.9. The molecule has 4 aromatic rings. The van der Waals surface area contributed by atoms with E-state index in [1.165, 1.54) is 11.3 Å². The fourth-order valence-corrected chi connectivity index (χ4v) is 5.87. The van der Waals surface area contributed by atoms with Gasteiger partial charge in [0.2, 0.25) is 0 Å². The van der Waals surface area contributed by atoms with Gasteiger partial charge in [0.25, 0.3) is 5.91 Å². The van der Waals surface area contributed by atoms with Gasteiger partial charge in [0.1, 0.15) is 17.0 Å². The predicted octanol–water partition coefficient (Wildman–Crippen LogP) is 6.28. The molecular weight excluding hydrogens is 543 g/mol. The number of rotatable bonds is 6. The molecule has 0 aliphatic carbocycles. The topological polar surface area (TPSA) is 71.7 Å². The van der Waals surface area contributed by atoms with Crippen LogP contribution in [0.4, 0.5) is 5.13 Å². The molecule has 0 atom stereocenters. The number of hydrogen-bond donors (Lipinski definition) is 0. The minimum Gasteiger partial charge on any atom is -0.379 e. The third-order valence-electron chi connectivity index (χ3n) is 6.06. The summed E-state index contributed by atoms with van der Waals surface area (Å²) in [5, 5.41) is 5.95. The summed E-state index contributed by atoms with van der Waals surface area (Å²) in [5.41, 5.74) is 3.26. The lowest BCUT2D eigenvalue weighted by Crippen LogP contribution is -2.43. The van der Waals surface area contributed by atoms with E-state index >= 15 is 0 Å². The molecule has 11 heteroatoms. The molecule has 0 unspecified atom stereocenters. The molecule has 2 aromatic heterocycles. The van der Waals surface area contributed by atoms with Crippen LogP contribution in [0, 0.1) is 13.8 Å². The highest BCUT2D eigenvalue weighted by Gasteiger charge is 2.30. The Kier molecular flexibility index (Phi) is 8.55. The fourth-order valence-electron chi connectivity index (χ4n) is 4.20. The summed E-state index contributed by atoms with van der Waals surface area (Å²) >= 11 is 14.2. The number of morpholine rings is 1. The predicted molar refractivity (Wildman–Crippen MR) is 147 cm³/mol. The highest BCUT2D eigenvalue weighted by Crippen LogP contribution is 2.36. The number of hydrogen-bond acceptors (Lipinski definition) is 7. The van der Waals surface area contributed by atoms with Crippen molar-refractivity contribution in [1.82, 2.24) is 15.0 Å². The molecule has 1 aliphatic rings. The first kappa shape index (κ1) is 26.9. The maximum absolute atomic E-state index is 14.1. The summed E-state index contributed by atoms with van der Waals surface area (Å²) in [6, 6.07) is 11.1. The average molecular weight is 568 g/mol. The molecule has 5 rings (SSSR count). The highest BCUT2D eigenvalue weighted by atomic mass is 35.5. The van der Waals surface area contributed by atoms with Crippen molar-refractivity contribution in [3.05, 3.63) is 63.3 Å². The number of carbonyl (C=O) groups is 1. The van der Waals surface area contributed by atoms with Crippen LogP contribution >= 0.6 is 46.9 Å². The lowest BCUT2D eigenvalue weighted by Gasteiger charge is -2.29. The Labute approximate surface area is 229 Å². The molecule has 2 aromatic carbocycles. The van der Waals surface area contributed by atoms with Gasteiger partial charge in [0, 0.05) is 36.8 Å². The summed E-state index contributed by atoms with van der Waals surface area (Å²) in [4.78, 5) is 23.0.